The minimum atomic E-state index is -0.990. The number of hydrogen-bond acceptors (Lipinski definition) is 4. The van der Waals surface area contributed by atoms with Crippen molar-refractivity contribution >= 4 is 11.9 Å². The lowest BCUT2D eigenvalue weighted by Gasteiger charge is -2.05. The van der Waals surface area contributed by atoms with Crippen molar-refractivity contribution in [2.75, 3.05) is 0 Å². The Morgan fingerprint density at radius 1 is 1.10 bits per heavy atom. The fourth-order valence-electron chi connectivity index (χ4n) is 1.63. The van der Waals surface area contributed by atoms with Crippen molar-refractivity contribution in [1.82, 2.24) is 4.98 Å². The molecular formula is C15H13NO4. The summed E-state index contributed by atoms with van der Waals surface area (Å²) in [5, 5.41) is 8.77. The number of pyridine rings is 1. The zero-order valence-electron chi connectivity index (χ0n) is 10.7. The summed E-state index contributed by atoms with van der Waals surface area (Å²) in [5.74, 6) is -1.35. The Kier molecular flexibility index (Phi) is 4.44. The Labute approximate surface area is 115 Å². The summed E-state index contributed by atoms with van der Waals surface area (Å²) in [5.41, 5.74) is 1.73. The highest BCUT2D eigenvalue weighted by Gasteiger charge is 2.07. The molecular weight excluding hydrogens is 258 g/mol. The van der Waals surface area contributed by atoms with Crippen LogP contribution in [0.1, 0.15) is 21.5 Å². The molecule has 2 rings (SSSR count). The van der Waals surface area contributed by atoms with Crippen molar-refractivity contribution in [2.45, 2.75) is 13.0 Å². The smallest absolute Gasteiger partial charge is 0.335 e. The van der Waals surface area contributed by atoms with Gasteiger partial charge in [-0.1, -0.05) is 18.2 Å². The van der Waals surface area contributed by atoms with Gasteiger partial charge in [-0.2, -0.15) is 0 Å². The number of ether oxygens (including phenoxy) is 1. The number of esters is 1. The predicted octanol–water partition coefficient (Wildman–Crippen LogP) is 2.07. The second kappa shape index (κ2) is 6.47. The Bertz CT molecular complexity index is 593. The van der Waals surface area contributed by atoms with E-state index in [1.165, 1.54) is 12.1 Å². The quantitative estimate of drug-likeness (QED) is 0.842. The number of aromatic carboxylic acids is 1. The van der Waals surface area contributed by atoms with Gasteiger partial charge in [0.15, 0.2) is 0 Å². The van der Waals surface area contributed by atoms with E-state index < -0.39 is 5.97 Å². The van der Waals surface area contributed by atoms with E-state index in [0.29, 0.717) is 5.56 Å². The Balaban J connectivity index is 1.86. The van der Waals surface area contributed by atoms with Crippen LogP contribution < -0.4 is 0 Å². The molecule has 1 N–H and O–H groups in total. The van der Waals surface area contributed by atoms with Crippen LogP contribution in [0, 0.1) is 0 Å². The first kappa shape index (κ1) is 13.7. The molecule has 2 aromatic rings. The number of nitrogens with zero attached hydrogens (tertiary/aromatic N) is 1. The molecule has 0 spiro atoms. The average Bonchev–Trinajstić information content (AvgIpc) is 2.47. The SMILES string of the molecule is O=C(Cc1ccc(C(=O)O)cc1)OCc1cccnc1. The van der Waals surface area contributed by atoms with Crippen LogP contribution in [0.25, 0.3) is 0 Å². The number of rotatable bonds is 5. The second-order valence-electron chi connectivity index (χ2n) is 4.20. The number of carbonyl (C=O) groups excluding carboxylic acids is 1. The maximum atomic E-state index is 11.6. The van der Waals surface area contributed by atoms with E-state index in [9.17, 15) is 9.59 Å². The van der Waals surface area contributed by atoms with Crippen LogP contribution in [-0.2, 0) is 22.6 Å². The van der Waals surface area contributed by atoms with Gasteiger partial charge in [0, 0.05) is 18.0 Å². The van der Waals surface area contributed by atoms with Crippen molar-refractivity contribution in [3.63, 3.8) is 0 Å². The molecule has 0 atom stereocenters. The molecule has 0 aliphatic carbocycles. The van der Waals surface area contributed by atoms with Gasteiger partial charge in [0.25, 0.3) is 0 Å². The van der Waals surface area contributed by atoms with Gasteiger partial charge in [0.2, 0.25) is 0 Å². The van der Waals surface area contributed by atoms with Gasteiger partial charge in [-0.3, -0.25) is 9.78 Å². The first-order valence-electron chi connectivity index (χ1n) is 6.02. The van der Waals surface area contributed by atoms with Gasteiger partial charge in [-0.15, -0.1) is 0 Å². The van der Waals surface area contributed by atoms with Gasteiger partial charge in [0.05, 0.1) is 12.0 Å². The van der Waals surface area contributed by atoms with Crippen molar-refractivity contribution in [3.8, 4) is 0 Å². The lowest BCUT2D eigenvalue weighted by Crippen LogP contribution is -2.08. The second-order valence-corrected chi connectivity index (χ2v) is 4.20. The summed E-state index contributed by atoms with van der Waals surface area (Å²) in [7, 11) is 0. The average molecular weight is 271 g/mol. The standard InChI is InChI=1S/C15H13NO4/c17-14(20-10-12-2-1-7-16-9-12)8-11-3-5-13(6-4-11)15(18)19/h1-7,9H,8,10H2,(H,18,19). The Hall–Kier alpha value is -2.69. The van der Waals surface area contributed by atoms with Gasteiger partial charge >= 0.3 is 11.9 Å². The van der Waals surface area contributed by atoms with Crippen LogP contribution >= 0.6 is 0 Å². The van der Waals surface area contributed by atoms with E-state index in [4.69, 9.17) is 9.84 Å². The molecule has 1 aromatic heterocycles. The summed E-state index contributed by atoms with van der Waals surface area (Å²) in [6, 6.07) is 9.73. The van der Waals surface area contributed by atoms with Gasteiger partial charge in [-0.05, 0) is 23.8 Å². The van der Waals surface area contributed by atoms with Crippen LogP contribution in [0.4, 0.5) is 0 Å². The first-order chi connectivity index (χ1) is 9.65. The fraction of sp³-hybridized carbons (Fsp3) is 0.133. The summed E-state index contributed by atoms with van der Waals surface area (Å²) in [6.45, 7) is 0.180. The van der Waals surface area contributed by atoms with E-state index in [1.807, 2.05) is 6.07 Å². The molecule has 0 aliphatic rings. The number of carboxylic acids is 1. The fourth-order valence-corrected chi connectivity index (χ4v) is 1.63. The first-order valence-corrected chi connectivity index (χ1v) is 6.02. The van der Waals surface area contributed by atoms with Gasteiger partial charge in [-0.25, -0.2) is 4.79 Å². The van der Waals surface area contributed by atoms with E-state index in [1.54, 1.807) is 30.6 Å². The van der Waals surface area contributed by atoms with Crippen LogP contribution in [-0.4, -0.2) is 22.0 Å². The molecule has 0 saturated carbocycles. The van der Waals surface area contributed by atoms with Crippen molar-refractivity contribution in [2.24, 2.45) is 0 Å². The molecule has 1 aromatic carbocycles. The monoisotopic (exact) mass is 271 g/mol. The Morgan fingerprint density at radius 3 is 2.45 bits per heavy atom. The molecule has 0 unspecified atom stereocenters. The normalized spacial score (nSPS) is 10.0. The predicted molar refractivity (Wildman–Crippen MR) is 71.1 cm³/mol. The van der Waals surface area contributed by atoms with Crippen molar-refractivity contribution < 1.29 is 19.4 Å². The van der Waals surface area contributed by atoms with E-state index in [-0.39, 0.29) is 24.6 Å². The zero-order valence-corrected chi connectivity index (χ0v) is 10.7. The summed E-state index contributed by atoms with van der Waals surface area (Å²) in [4.78, 5) is 26.3. The highest BCUT2D eigenvalue weighted by atomic mass is 16.5. The summed E-state index contributed by atoms with van der Waals surface area (Å²) < 4.78 is 5.11. The number of hydrogen-bond donors (Lipinski definition) is 1. The third-order valence-corrected chi connectivity index (χ3v) is 2.67. The third-order valence-electron chi connectivity index (χ3n) is 2.67. The molecule has 0 aliphatic heterocycles. The van der Waals surface area contributed by atoms with Crippen LogP contribution in [0.5, 0.6) is 0 Å². The highest BCUT2D eigenvalue weighted by Crippen LogP contribution is 2.07. The molecule has 5 nitrogen and oxygen atoms in total. The number of carbonyl (C=O) groups is 2. The topological polar surface area (TPSA) is 76.5 Å². The summed E-state index contributed by atoms with van der Waals surface area (Å²) >= 11 is 0. The number of benzene rings is 1. The van der Waals surface area contributed by atoms with Gasteiger partial charge in [0.1, 0.15) is 6.61 Å². The molecule has 102 valence electrons. The minimum absolute atomic E-state index is 0.111. The number of aromatic nitrogens is 1. The maximum Gasteiger partial charge on any atom is 0.335 e. The Morgan fingerprint density at radius 2 is 1.85 bits per heavy atom. The lowest BCUT2D eigenvalue weighted by molar-refractivity contribution is -0.144. The molecule has 0 amide bonds. The van der Waals surface area contributed by atoms with E-state index >= 15 is 0 Å². The maximum absolute atomic E-state index is 11.6. The number of carboxylic acid groups (broad SMARTS) is 1. The van der Waals surface area contributed by atoms with Crippen LogP contribution in [0.2, 0.25) is 0 Å². The van der Waals surface area contributed by atoms with Crippen molar-refractivity contribution in [3.05, 3.63) is 65.5 Å². The summed E-state index contributed by atoms with van der Waals surface area (Å²) in [6.07, 6.45) is 3.39. The molecule has 0 fully saturated rings. The van der Waals surface area contributed by atoms with Crippen molar-refractivity contribution in [1.29, 1.82) is 0 Å². The largest absolute Gasteiger partial charge is 0.478 e. The van der Waals surface area contributed by atoms with E-state index in [2.05, 4.69) is 4.98 Å². The molecule has 5 heteroatoms. The zero-order chi connectivity index (χ0) is 14.4. The molecule has 0 saturated heterocycles. The molecule has 1 heterocycles. The molecule has 0 bridgehead atoms. The third kappa shape index (κ3) is 3.91. The van der Waals surface area contributed by atoms with Crippen LogP contribution in [0.3, 0.4) is 0 Å². The van der Waals surface area contributed by atoms with E-state index in [0.717, 1.165) is 5.56 Å². The minimum Gasteiger partial charge on any atom is -0.478 e. The highest BCUT2D eigenvalue weighted by molar-refractivity contribution is 5.87. The lowest BCUT2D eigenvalue weighted by atomic mass is 10.1. The van der Waals surface area contributed by atoms with Crippen LogP contribution in [0.15, 0.2) is 48.8 Å². The molecule has 0 radical (unpaired) electrons. The van der Waals surface area contributed by atoms with Gasteiger partial charge < -0.3 is 9.84 Å². The molecule has 20 heavy (non-hydrogen) atoms.